The Bertz CT molecular complexity index is 352. The van der Waals surface area contributed by atoms with Gasteiger partial charge in [0.1, 0.15) is 0 Å². The van der Waals surface area contributed by atoms with Crippen LogP contribution in [0.4, 0.5) is 4.79 Å². The predicted octanol–water partition coefficient (Wildman–Crippen LogP) is 1.51. The zero-order chi connectivity index (χ0) is 10.8. The van der Waals surface area contributed by atoms with Gasteiger partial charge in [-0.05, 0) is 24.6 Å². The van der Waals surface area contributed by atoms with Gasteiger partial charge in [-0.25, -0.2) is 4.79 Å². The topological polar surface area (TPSA) is 36.4 Å². The first-order valence-electron chi connectivity index (χ1n) is 5.15. The van der Waals surface area contributed by atoms with Crippen molar-refractivity contribution in [3.63, 3.8) is 0 Å². The highest BCUT2D eigenvalue weighted by Gasteiger charge is 2.34. The molecule has 0 aliphatic carbocycles. The van der Waals surface area contributed by atoms with Crippen molar-refractivity contribution in [2.45, 2.75) is 13.0 Å². The fourth-order valence-electron chi connectivity index (χ4n) is 1.94. The predicted molar refractivity (Wildman–Crippen MR) is 57.4 cm³/mol. The number of likely N-dealkylation sites (N-methyl/N-ethyl adjacent to an activating group) is 2. The van der Waals surface area contributed by atoms with Crippen molar-refractivity contribution in [2.75, 3.05) is 20.1 Å². The first-order valence-corrected chi connectivity index (χ1v) is 5.15. The van der Waals surface area contributed by atoms with Crippen LogP contribution >= 0.6 is 0 Å². The van der Waals surface area contributed by atoms with Crippen molar-refractivity contribution >= 4 is 6.03 Å². The van der Waals surface area contributed by atoms with Crippen molar-refractivity contribution in [3.05, 3.63) is 30.1 Å². The maximum Gasteiger partial charge on any atom is 0.320 e. The third kappa shape index (κ3) is 1.67. The van der Waals surface area contributed by atoms with Crippen LogP contribution in [0.3, 0.4) is 0 Å². The van der Waals surface area contributed by atoms with Gasteiger partial charge in [-0.1, -0.05) is 0 Å². The minimum Gasteiger partial charge on any atom is -0.323 e. The Balaban J connectivity index is 2.22. The van der Waals surface area contributed by atoms with Crippen molar-refractivity contribution in [1.82, 2.24) is 14.8 Å². The number of hydrogen-bond acceptors (Lipinski definition) is 2. The fourth-order valence-corrected chi connectivity index (χ4v) is 1.94. The zero-order valence-corrected chi connectivity index (χ0v) is 9.05. The number of carbonyl (C=O) groups excluding carboxylic acids is 1. The Morgan fingerprint density at radius 2 is 2.13 bits per heavy atom. The lowest BCUT2D eigenvalue weighted by Crippen LogP contribution is -2.29. The molecule has 1 aliphatic heterocycles. The first kappa shape index (κ1) is 9.96. The Morgan fingerprint density at radius 1 is 1.47 bits per heavy atom. The maximum absolute atomic E-state index is 11.8. The van der Waals surface area contributed by atoms with E-state index in [0.29, 0.717) is 0 Å². The number of amides is 2. The minimum atomic E-state index is 0.110. The largest absolute Gasteiger partial charge is 0.323 e. The average molecular weight is 205 g/mol. The second-order valence-electron chi connectivity index (χ2n) is 3.73. The molecule has 0 N–H and O–H groups in total. The van der Waals surface area contributed by atoms with Crippen LogP contribution in [0.25, 0.3) is 0 Å². The molecule has 1 aliphatic rings. The van der Waals surface area contributed by atoms with Crippen LogP contribution in [0, 0.1) is 0 Å². The summed E-state index contributed by atoms with van der Waals surface area (Å²) in [5.74, 6) is 0. The van der Waals surface area contributed by atoms with Crippen LogP contribution in [0.5, 0.6) is 0 Å². The molecule has 0 saturated carbocycles. The second-order valence-corrected chi connectivity index (χ2v) is 3.73. The highest BCUT2D eigenvalue weighted by atomic mass is 16.2. The van der Waals surface area contributed by atoms with E-state index in [4.69, 9.17) is 0 Å². The molecule has 2 heterocycles. The van der Waals surface area contributed by atoms with Crippen molar-refractivity contribution < 1.29 is 4.79 Å². The molecule has 2 amide bonds. The molecule has 4 heteroatoms. The Kier molecular flexibility index (Phi) is 2.58. The second kappa shape index (κ2) is 3.88. The van der Waals surface area contributed by atoms with Crippen molar-refractivity contribution in [2.24, 2.45) is 0 Å². The van der Waals surface area contributed by atoms with E-state index in [-0.39, 0.29) is 12.1 Å². The van der Waals surface area contributed by atoms with Gasteiger partial charge in [-0.3, -0.25) is 4.98 Å². The summed E-state index contributed by atoms with van der Waals surface area (Å²) >= 11 is 0. The quantitative estimate of drug-likeness (QED) is 0.733. The highest BCUT2D eigenvalue weighted by Crippen LogP contribution is 2.26. The van der Waals surface area contributed by atoms with Gasteiger partial charge in [0.2, 0.25) is 0 Å². The Labute approximate surface area is 89.5 Å². The molecular weight excluding hydrogens is 190 g/mol. The summed E-state index contributed by atoms with van der Waals surface area (Å²) in [7, 11) is 1.85. The molecule has 2 rings (SSSR count). The molecule has 80 valence electrons. The summed E-state index contributed by atoms with van der Waals surface area (Å²) in [6.07, 6.45) is 3.53. The molecule has 0 bridgehead atoms. The summed E-state index contributed by atoms with van der Waals surface area (Å²) < 4.78 is 0. The van der Waals surface area contributed by atoms with Crippen LogP contribution in [0.1, 0.15) is 18.5 Å². The van der Waals surface area contributed by atoms with Gasteiger partial charge in [0, 0.05) is 32.5 Å². The van der Waals surface area contributed by atoms with Crippen molar-refractivity contribution in [1.29, 1.82) is 0 Å². The smallest absolute Gasteiger partial charge is 0.320 e. The minimum absolute atomic E-state index is 0.110. The summed E-state index contributed by atoms with van der Waals surface area (Å²) in [4.78, 5) is 19.4. The number of hydrogen-bond donors (Lipinski definition) is 0. The van der Waals surface area contributed by atoms with E-state index in [1.165, 1.54) is 0 Å². The average Bonchev–Trinajstić information content (AvgIpc) is 2.57. The van der Waals surface area contributed by atoms with Gasteiger partial charge in [0.05, 0.1) is 6.04 Å². The van der Waals surface area contributed by atoms with E-state index in [1.807, 2.05) is 31.0 Å². The van der Waals surface area contributed by atoms with Gasteiger partial charge in [-0.2, -0.15) is 0 Å². The molecule has 4 nitrogen and oxygen atoms in total. The van der Waals surface area contributed by atoms with Crippen LogP contribution in [0.15, 0.2) is 24.5 Å². The van der Waals surface area contributed by atoms with Crippen LogP contribution in [-0.4, -0.2) is 41.0 Å². The lowest BCUT2D eigenvalue weighted by molar-refractivity contribution is 0.197. The van der Waals surface area contributed by atoms with Gasteiger partial charge in [0.15, 0.2) is 0 Å². The third-order valence-corrected chi connectivity index (χ3v) is 2.91. The van der Waals surface area contributed by atoms with E-state index in [9.17, 15) is 4.79 Å². The zero-order valence-electron chi connectivity index (χ0n) is 9.05. The van der Waals surface area contributed by atoms with E-state index in [0.717, 1.165) is 18.7 Å². The van der Waals surface area contributed by atoms with E-state index < -0.39 is 0 Å². The summed E-state index contributed by atoms with van der Waals surface area (Å²) in [6.45, 7) is 3.54. The monoisotopic (exact) mass is 205 g/mol. The molecule has 1 aromatic rings. The number of carbonyl (C=O) groups is 1. The molecule has 15 heavy (non-hydrogen) atoms. The summed E-state index contributed by atoms with van der Waals surface area (Å²) in [6, 6.07) is 4.21. The van der Waals surface area contributed by atoms with Gasteiger partial charge in [-0.15, -0.1) is 0 Å². The standard InChI is InChI=1S/C11H15N3O/c1-3-14-8-10(13(2)11(14)15)9-4-6-12-7-5-9/h4-7,10H,3,8H2,1-2H3. The molecule has 1 atom stereocenters. The molecule has 1 aromatic heterocycles. The maximum atomic E-state index is 11.8. The SMILES string of the molecule is CCN1CC(c2ccncc2)N(C)C1=O. The van der Waals surface area contributed by atoms with Gasteiger partial charge in [0.25, 0.3) is 0 Å². The number of nitrogens with zero attached hydrogens (tertiary/aromatic N) is 3. The van der Waals surface area contributed by atoms with Gasteiger partial charge < -0.3 is 9.80 Å². The Morgan fingerprint density at radius 3 is 2.67 bits per heavy atom. The van der Waals surface area contributed by atoms with Crippen molar-refractivity contribution in [3.8, 4) is 0 Å². The van der Waals surface area contributed by atoms with Crippen LogP contribution < -0.4 is 0 Å². The molecular formula is C11H15N3O. The van der Waals surface area contributed by atoms with Crippen LogP contribution in [-0.2, 0) is 0 Å². The molecule has 0 spiro atoms. The molecule has 0 aromatic carbocycles. The van der Waals surface area contributed by atoms with E-state index >= 15 is 0 Å². The van der Waals surface area contributed by atoms with E-state index in [1.54, 1.807) is 17.3 Å². The lowest BCUT2D eigenvalue weighted by atomic mass is 10.1. The lowest BCUT2D eigenvalue weighted by Gasteiger charge is -2.17. The number of aromatic nitrogens is 1. The Hall–Kier alpha value is -1.58. The first-order chi connectivity index (χ1) is 7.24. The van der Waals surface area contributed by atoms with E-state index in [2.05, 4.69) is 4.98 Å². The van der Waals surface area contributed by atoms with Gasteiger partial charge >= 0.3 is 6.03 Å². The molecule has 0 radical (unpaired) electrons. The highest BCUT2D eigenvalue weighted by molar-refractivity contribution is 5.77. The molecule has 1 fully saturated rings. The normalized spacial score (nSPS) is 21.2. The summed E-state index contributed by atoms with van der Waals surface area (Å²) in [5, 5.41) is 0. The number of urea groups is 1. The fraction of sp³-hybridized carbons (Fsp3) is 0.455. The number of pyridine rings is 1. The molecule has 1 unspecified atom stereocenters. The summed E-state index contributed by atoms with van der Waals surface area (Å²) in [5.41, 5.74) is 1.15. The molecule has 1 saturated heterocycles. The third-order valence-electron chi connectivity index (χ3n) is 2.91. The van der Waals surface area contributed by atoms with Crippen LogP contribution in [0.2, 0.25) is 0 Å². The number of rotatable bonds is 2.